The van der Waals surface area contributed by atoms with Crippen LogP contribution in [0.2, 0.25) is 0 Å². The Balaban J connectivity index is 1.05. The fourth-order valence-corrected chi connectivity index (χ4v) is 18.3. The summed E-state index contributed by atoms with van der Waals surface area (Å²) in [6.07, 6.45) is 22.5. The highest BCUT2D eigenvalue weighted by atomic mass is 16.2. The van der Waals surface area contributed by atoms with Gasteiger partial charge in [0.05, 0.1) is 0 Å². The molecule has 21 rings (SSSR count). The minimum absolute atomic E-state index is 0.0577. The van der Waals surface area contributed by atoms with E-state index in [-0.39, 0.29) is 5.91 Å². The quantitative estimate of drug-likeness (QED) is 0.152. The Bertz CT molecular complexity index is 5700. The number of amides is 1. The normalized spacial score (nSPS) is 17.8. The van der Waals surface area contributed by atoms with Crippen LogP contribution in [0.5, 0.6) is 0 Å². The van der Waals surface area contributed by atoms with E-state index in [4.69, 9.17) is 0 Å². The maximum atomic E-state index is 17.5. The summed E-state index contributed by atoms with van der Waals surface area (Å²) in [5.74, 6) is 0.0577. The van der Waals surface area contributed by atoms with Gasteiger partial charge in [0.25, 0.3) is 0 Å². The lowest BCUT2D eigenvalue weighted by Crippen LogP contribution is -2.66. The molecule has 0 spiro atoms. The topological polar surface area (TPSA) is 20.3 Å². The molecule has 90 heavy (non-hydrogen) atoms. The van der Waals surface area contributed by atoms with Crippen LogP contribution in [-0.4, -0.2) is 17.9 Å². The monoisotopic (exact) mass is 1140 g/mol. The minimum Gasteiger partial charge on any atom is -0.326 e. The minimum atomic E-state index is -1.31. The largest absolute Gasteiger partial charge is 0.326 e. The van der Waals surface area contributed by atoms with Crippen LogP contribution in [-0.2, 0) is 41.4 Å². The Morgan fingerprint density at radius 3 is 1.07 bits per heavy atom. The Morgan fingerprint density at radius 1 is 0.322 bits per heavy atom. The van der Waals surface area contributed by atoms with Crippen LogP contribution >= 0.6 is 0 Å². The lowest BCUT2D eigenvalue weighted by molar-refractivity contribution is -0.140. The van der Waals surface area contributed by atoms with E-state index in [1.807, 2.05) is 0 Å². The van der Waals surface area contributed by atoms with Crippen molar-refractivity contribution in [3.05, 3.63) is 333 Å². The standard InChI is InChI=1S/C88H57NO/c1-89-86(90)87(60-36-16-6-17-37-60)70-48-66-68(80(54-28-12-4-13-29-54)84-64-42-22-34-58-46-44-56-32-20-40-62(74(56)76(58)64)82(84)78(66)52-24-8-2-9-25-52)50-72(70)88(89,61-38-18-7-19-39-61)73-51-69-67(49-71(73)87)79(53-26-10-3-11-27-53)83-63-41-21-33-57-45-47-59-35-23-43-65(77(59)75(57)63)85(83)81(69)55-30-14-5-15-31-55/h2-32,34,36-39,41,43-51H,33,35,40,42H2,1H3. The Kier molecular flexibility index (Phi) is 10.2. The molecule has 0 fully saturated rings. The molecule has 2 nitrogen and oxygen atoms in total. The van der Waals surface area contributed by atoms with Gasteiger partial charge in [-0.1, -0.05) is 255 Å². The average molecular weight is 1140 g/mol. The molecule has 2 heterocycles. The zero-order chi connectivity index (χ0) is 59.1. The first-order chi connectivity index (χ1) is 44.5. The second-order valence-corrected chi connectivity index (χ2v) is 25.7. The van der Waals surface area contributed by atoms with Gasteiger partial charge in [-0.3, -0.25) is 4.79 Å². The highest BCUT2D eigenvalue weighted by Gasteiger charge is 2.65. The third-order valence-corrected chi connectivity index (χ3v) is 21.7. The maximum Gasteiger partial charge on any atom is 0.243 e. The number of carbonyl (C=O) groups is 1. The van der Waals surface area contributed by atoms with E-state index in [2.05, 4.69) is 291 Å². The Morgan fingerprint density at radius 2 is 0.667 bits per heavy atom. The molecule has 420 valence electrons. The van der Waals surface area contributed by atoms with Crippen LogP contribution in [0.4, 0.5) is 0 Å². The SMILES string of the molecule is CN1C(=O)C2(c3ccccc3)c3cc4c(-c5ccccc5)c5c6c7c(ccc8c7c(c5c(-c5ccccc5)c4cc3C1(c1ccccc1)c1cc3c(-c4ccccc4)c4c5c7c(ccc9c7c(c4c(-c4ccccc4)c3cc12)CC=C9)C=CC5)C=CC8)CC=C6. The van der Waals surface area contributed by atoms with Gasteiger partial charge in [0.15, 0.2) is 0 Å². The molecule has 2 aliphatic heterocycles. The van der Waals surface area contributed by atoms with Gasteiger partial charge in [0, 0.05) is 7.05 Å². The van der Waals surface area contributed by atoms with Gasteiger partial charge in [-0.25, -0.2) is 0 Å². The summed E-state index contributed by atoms with van der Waals surface area (Å²) in [4.78, 5) is 19.7. The molecule has 5 aliphatic carbocycles. The fourth-order valence-electron chi connectivity index (χ4n) is 18.3. The van der Waals surface area contributed by atoms with E-state index in [9.17, 15) is 0 Å². The molecule has 2 heteroatoms. The summed E-state index contributed by atoms with van der Waals surface area (Å²) >= 11 is 0. The van der Waals surface area contributed by atoms with Crippen molar-refractivity contribution in [3.63, 3.8) is 0 Å². The molecule has 2 bridgehead atoms. The molecule has 14 aromatic carbocycles. The summed E-state index contributed by atoms with van der Waals surface area (Å²) in [6.45, 7) is 0. The first-order valence-electron chi connectivity index (χ1n) is 32.0. The van der Waals surface area contributed by atoms with E-state index in [0.717, 1.165) is 75.4 Å². The van der Waals surface area contributed by atoms with Crippen LogP contribution in [0.1, 0.15) is 77.9 Å². The van der Waals surface area contributed by atoms with Crippen molar-refractivity contribution in [3.8, 4) is 44.5 Å². The van der Waals surface area contributed by atoms with Crippen LogP contribution in [0, 0.1) is 0 Å². The van der Waals surface area contributed by atoms with E-state index in [0.29, 0.717) is 0 Å². The van der Waals surface area contributed by atoms with Crippen molar-refractivity contribution < 1.29 is 4.79 Å². The molecule has 7 aliphatic rings. The molecule has 2 atom stereocenters. The predicted molar refractivity (Wildman–Crippen MR) is 376 cm³/mol. The summed E-state index contributed by atoms with van der Waals surface area (Å²) in [5.41, 5.74) is 24.0. The van der Waals surface area contributed by atoms with Gasteiger partial charge in [-0.15, -0.1) is 0 Å². The maximum absolute atomic E-state index is 17.5. The molecule has 0 saturated carbocycles. The van der Waals surface area contributed by atoms with Crippen molar-refractivity contribution >= 4 is 94.8 Å². The zero-order valence-electron chi connectivity index (χ0n) is 49.7. The number of hydrogen-bond acceptors (Lipinski definition) is 1. The summed E-state index contributed by atoms with van der Waals surface area (Å²) < 4.78 is 0. The first-order valence-corrected chi connectivity index (χ1v) is 32.0. The smallest absolute Gasteiger partial charge is 0.243 e. The second-order valence-electron chi connectivity index (χ2n) is 25.7. The fraction of sp³-hybridized carbons (Fsp3) is 0.0795. The predicted octanol–water partition coefficient (Wildman–Crippen LogP) is 21.0. The summed E-state index contributed by atoms with van der Waals surface area (Å²) in [6, 6.07) is 86.3. The highest BCUT2D eigenvalue weighted by Crippen LogP contribution is 2.66. The molecule has 14 aromatic rings. The second kappa shape index (κ2) is 18.3. The third-order valence-electron chi connectivity index (χ3n) is 21.7. The van der Waals surface area contributed by atoms with Crippen molar-refractivity contribution in [1.82, 2.24) is 4.90 Å². The molecule has 1 amide bonds. The van der Waals surface area contributed by atoms with Crippen molar-refractivity contribution in [2.75, 3.05) is 7.05 Å². The number of hydrogen-bond donors (Lipinski definition) is 0. The lowest BCUT2D eigenvalue weighted by Gasteiger charge is -2.60. The van der Waals surface area contributed by atoms with Crippen molar-refractivity contribution in [1.29, 1.82) is 0 Å². The third kappa shape index (κ3) is 6.25. The van der Waals surface area contributed by atoms with Crippen molar-refractivity contribution in [2.24, 2.45) is 0 Å². The van der Waals surface area contributed by atoms with Crippen LogP contribution in [0.25, 0.3) is 133 Å². The highest BCUT2D eigenvalue weighted by molar-refractivity contribution is 6.32. The van der Waals surface area contributed by atoms with Gasteiger partial charge in [-0.2, -0.15) is 0 Å². The average Bonchev–Trinajstić information content (AvgIpc) is 0.650. The van der Waals surface area contributed by atoms with E-state index >= 15 is 4.79 Å². The molecule has 0 saturated heterocycles. The summed E-state index contributed by atoms with van der Waals surface area (Å²) in [7, 11) is 2.10. The number of benzene rings is 14. The molecule has 2 unspecified atom stereocenters. The first kappa shape index (κ1) is 50.1. The lowest BCUT2D eigenvalue weighted by atomic mass is 9.51. The number of carbonyl (C=O) groups excluding carboxylic acids is 1. The Labute approximate surface area is 522 Å². The molecule has 0 N–H and O–H groups in total. The van der Waals surface area contributed by atoms with E-state index in [1.165, 1.54) is 137 Å². The zero-order valence-corrected chi connectivity index (χ0v) is 49.7. The van der Waals surface area contributed by atoms with Gasteiger partial charge in [0.2, 0.25) is 5.91 Å². The molecular weight excluding hydrogens is 1090 g/mol. The van der Waals surface area contributed by atoms with Crippen LogP contribution in [0.15, 0.2) is 255 Å². The van der Waals surface area contributed by atoms with Gasteiger partial charge in [0.1, 0.15) is 11.0 Å². The number of likely N-dealkylation sites (N-methyl/N-ethyl adjacent to an activating group) is 1. The van der Waals surface area contributed by atoms with Gasteiger partial charge < -0.3 is 4.90 Å². The number of fused-ring (bicyclic) bond motifs is 9. The number of rotatable bonds is 6. The number of nitrogens with zero attached hydrogens (tertiary/aromatic N) is 1. The van der Waals surface area contributed by atoms with E-state index < -0.39 is 11.0 Å². The van der Waals surface area contributed by atoms with Gasteiger partial charge in [-0.05, 0) is 237 Å². The molecular formula is C88H57NO. The number of allylic oxidation sites excluding steroid dienone is 4. The van der Waals surface area contributed by atoms with Crippen molar-refractivity contribution in [2.45, 2.75) is 36.6 Å². The Hall–Kier alpha value is -10.9. The molecule has 0 radical (unpaired) electrons. The summed E-state index contributed by atoms with van der Waals surface area (Å²) in [5, 5.41) is 15.2. The van der Waals surface area contributed by atoms with Crippen LogP contribution in [0.3, 0.4) is 0 Å². The van der Waals surface area contributed by atoms with E-state index in [1.54, 1.807) is 0 Å². The van der Waals surface area contributed by atoms with Crippen LogP contribution < -0.4 is 0 Å². The van der Waals surface area contributed by atoms with Gasteiger partial charge >= 0.3 is 0 Å². The molecule has 0 aromatic heterocycles.